The first-order valence-corrected chi connectivity index (χ1v) is 17.0. The van der Waals surface area contributed by atoms with Gasteiger partial charge in [-0.3, -0.25) is 4.79 Å². The lowest BCUT2D eigenvalue weighted by Crippen LogP contribution is -2.71. The molecule has 1 aliphatic carbocycles. The van der Waals surface area contributed by atoms with Crippen molar-refractivity contribution in [1.82, 2.24) is 10.2 Å². The predicted molar refractivity (Wildman–Crippen MR) is 179 cm³/mol. The van der Waals surface area contributed by atoms with Crippen LogP contribution in [0.15, 0.2) is 24.0 Å². The van der Waals surface area contributed by atoms with Gasteiger partial charge in [-0.05, 0) is 91.6 Å². The van der Waals surface area contributed by atoms with E-state index in [1.807, 2.05) is 46.9 Å². The minimum absolute atomic E-state index is 0.0483. The number of likely N-dealkylation sites (N-methyl/N-ethyl adjacent to an activating group) is 1. The Kier molecular flexibility index (Phi) is 11.6. The molecule has 1 saturated heterocycles. The number of fused-ring (bicyclic) bond motifs is 1. The third kappa shape index (κ3) is 7.84. The molecule has 1 spiro atoms. The van der Waals surface area contributed by atoms with Crippen LogP contribution in [0, 0.1) is 12.8 Å². The maximum atomic E-state index is 13.6. The zero-order chi connectivity index (χ0) is 36.5. The topological polar surface area (TPSA) is 162 Å². The van der Waals surface area contributed by atoms with E-state index in [0.717, 1.165) is 11.1 Å². The number of aryl methyl sites for hydroxylation is 1. The average molecular weight is 691 g/mol. The Hall–Kier alpha value is -3.39. The first-order valence-electron chi connectivity index (χ1n) is 17.0. The van der Waals surface area contributed by atoms with Crippen LogP contribution < -0.4 is 14.8 Å². The average Bonchev–Trinajstić information content (AvgIpc) is 3.38. The Morgan fingerprint density at radius 2 is 1.88 bits per heavy atom. The molecule has 1 fully saturated rings. The molecule has 1 aromatic rings. The van der Waals surface area contributed by atoms with Crippen molar-refractivity contribution in [1.29, 1.82) is 0 Å². The van der Waals surface area contributed by atoms with Crippen LogP contribution in [0.5, 0.6) is 11.5 Å². The van der Waals surface area contributed by atoms with Gasteiger partial charge < -0.3 is 48.9 Å². The number of methoxy groups -OCH3 is 1. The third-order valence-electron chi connectivity index (χ3n) is 9.71. The summed E-state index contributed by atoms with van der Waals surface area (Å²) >= 11 is 0. The summed E-state index contributed by atoms with van der Waals surface area (Å²) in [6.45, 7) is 15.2. The molecule has 4 rings (SSSR count). The molecule has 7 atom stereocenters. The molecule has 13 nitrogen and oxygen atoms in total. The van der Waals surface area contributed by atoms with E-state index < -0.39 is 59.2 Å². The Bertz CT molecular complexity index is 1420. The summed E-state index contributed by atoms with van der Waals surface area (Å²) in [7, 11) is 3.53. The SMILES string of the molecule is COc1ccc(C)c2c1O[C@H]1C(OC(=O)[C@H](C)OC(O)[C@H](CCC(=O)OCC(C)C)NC(=O)OC(C)(C)C)=CC[C@@]3(O)[C@@H](C)N(C)CC[C@]213. The monoisotopic (exact) mass is 690 g/mol. The second kappa shape index (κ2) is 14.8. The van der Waals surface area contributed by atoms with Crippen LogP contribution >= 0.6 is 0 Å². The molecular formula is C36H54N2O11. The minimum atomic E-state index is -1.71. The number of alkyl carbamates (subject to hydrolysis) is 1. The highest BCUT2D eigenvalue weighted by molar-refractivity contribution is 5.76. The number of nitrogens with one attached hydrogen (secondary N) is 1. The summed E-state index contributed by atoms with van der Waals surface area (Å²) in [6.07, 6.45) is -2.44. The number of nitrogens with zero attached hydrogens (tertiary/aromatic N) is 1. The van der Waals surface area contributed by atoms with Crippen LogP contribution in [0.1, 0.15) is 85.3 Å². The number of rotatable bonds is 12. The largest absolute Gasteiger partial charge is 0.493 e. The van der Waals surface area contributed by atoms with Gasteiger partial charge in [0.25, 0.3) is 0 Å². The van der Waals surface area contributed by atoms with Crippen molar-refractivity contribution in [2.45, 2.75) is 128 Å². The van der Waals surface area contributed by atoms with Crippen LogP contribution in [0.3, 0.4) is 0 Å². The molecule has 0 aromatic heterocycles. The quantitative estimate of drug-likeness (QED) is 0.165. The van der Waals surface area contributed by atoms with Crippen molar-refractivity contribution in [3.05, 3.63) is 35.1 Å². The first kappa shape index (κ1) is 38.4. The van der Waals surface area contributed by atoms with Crippen LogP contribution in [0.25, 0.3) is 0 Å². The molecule has 3 N–H and O–H groups in total. The molecule has 2 aliphatic heterocycles. The van der Waals surface area contributed by atoms with Gasteiger partial charge in [-0.1, -0.05) is 19.9 Å². The third-order valence-corrected chi connectivity index (χ3v) is 9.71. The van der Waals surface area contributed by atoms with Crippen LogP contribution in [0.4, 0.5) is 4.79 Å². The maximum Gasteiger partial charge on any atom is 0.408 e. The summed E-state index contributed by atoms with van der Waals surface area (Å²) in [5, 5.41) is 26.1. The zero-order valence-electron chi connectivity index (χ0n) is 30.5. The van der Waals surface area contributed by atoms with Crippen molar-refractivity contribution < 1.29 is 53.0 Å². The van der Waals surface area contributed by atoms with Crippen LogP contribution in [-0.2, 0) is 34.0 Å². The Morgan fingerprint density at radius 1 is 1.18 bits per heavy atom. The van der Waals surface area contributed by atoms with Crippen molar-refractivity contribution in [3.63, 3.8) is 0 Å². The standard InChI is InChI=1S/C36H54N2O11/c1-20(2)19-45-27(39)14-12-24(37-33(42)49-34(6,7)8)32(41)46-22(4)31(40)47-26-15-16-36(43)23(5)38(9)18-17-35(36)28-21(3)11-13-25(44-10)29(28)48-30(26)35/h11,13,15,20,22-24,30,32,41,43H,12,14,16-19H2,1-10H3,(H,37,42)/t22-,23+,24-,30-,32?,35-,36+/m0/s1. The summed E-state index contributed by atoms with van der Waals surface area (Å²) < 4.78 is 34.4. The second-order valence-corrected chi connectivity index (χ2v) is 14.9. The lowest BCUT2D eigenvalue weighted by Gasteiger charge is -2.58. The highest BCUT2D eigenvalue weighted by Gasteiger charge is 2.69. The van der Waals surface area contributed by atoms with Gasteiger partial charge in [0.1, 0.15) is 11.4 Å². The van der Waals surface area contributed by atoms with Gasteiger partial charge in [0.05, 0.1) is 30.8 Å². The molecular weight excluding hydrogens is 636 g/mol. The number of amides is 1. The fourth-order valence-corrected chi connectivity index (χ4v) is 7.06. The number of hydrogen-bond acceptors (Lipinski definition) is 12. The van der Waals surface area contributed by atoms with E-state index in [1.165, 1.54) is 6.92 Å². The van der Waals surface area contributed by atoms with Crippen molar-refractivity contribution in [2.75, 3.05) is 27.3 Å². The number of carbonyl (C=O) groups is 3. The van der Waals surface area contributed by atoms with Crippen molar-refractivity contribution >= 4 is 18.0 Å². The molecule has 0 saturated carbocycles. The number of benzene rings is 1. The fourth-order valence-electron chi connectivity index (χ4n) is 7.06. The lowest BCUT2D eigenvalue weighted by atomic mass is 9.54. The molecule has 1 unspecified atom stereocenters. The molecule has 274 valence electrons. The number of ether oxygens (including phenoxy) is 6. The van der Waals surface area contributed by atoms with Gasteiger partial charge in [0.2, 0.25) is 0 Å². The van der Waals surface area contributed by atoms with Gasteiger partial charge in [-0.15, -0.1) is 0 Å². The number of carbonyl (C=O) groups excluding carboxylic acids is 3. The van der Waals surface area contributed by atoms with Crippen molar-refractivity contribution in [2.24, 2.45) is 5.92 Å². The molecule has 1 amide bonds. The summed E-state index contributed by atoms with van der Waals surface area (Å²) in [5.74, 6) is 0.0682. The fraction of sp³-hybridized carbons (Fsp3) is 0.694. The molecule has 1 aromatic carbocycles. The van der Waals surface area contributed by atoms with Gasteiger partial charge in [-0.25, -0.2) is 9.59 Å². The Morgan fingerprint density at radius 3 is 2.51 bits per heavy atom. The zero-order valence-corrected chi connectivity index (χ0v) is 30.5. The minimum Gasteiger partial charge on any atom is -0.493 e. The van der Waals surface area contributed by atoms with E-state index in [9.17, 15) is 24.6 Å². The lowest BCUT2D eigenvalue weighted by molar-refractivity contribution is -0.186. The van der Waals surface area contributed by atoms with E-state index >= 15 is 0 Å². The van der Waals surface area contributed by atoms with Gasteiger partial charge in [-0.2, -0.15) is 0 Å². The highest BCUT2D eigenvalue weighted by Crippen LogP contribution is 2.62. The first-order chi connectivity index (χ1) is 22.8. The molecule has 2 heterocycles. The molecule has 0 radical (unpaired) electrons. The molecule has 13 heteroatoms. The highest BCUT2D eigenvalue weighted by atomic mass is 16.6. The van der Waals surface area contributed by atoms with E-state index in [0.29, 0.717) is 24.5 Å². The van der Waals surface area contributed by atoms with E-state index in [-0.39, 0.29) is 43.6 Å². The number of piperidine rings is 1. The number of aliphatic hydroxyl groups is 2. The van der Waals surface area contributed by atoms with Crippen molar-refractivity contribution in [3.8, 4) is 11.5 Å². The molecule has 49 heavy (non-hydrogen) atoms. The number of esters is 2. The van der Waals surface area contributed by atoms with E-state index in [2.05, 4.69) is 10.2 Å². The van der Waals surface area contributed by atoms with Crippen LogP contribution in [-0.4, -0.2) is 102 Å². The summed E-state index contributed by atoms with van der Waals surface area (Å²) in [5.41, 5.74) is -1.24. The van der Waals surface area contributed by atoms with Gasteiger partial charge >= 0.3 is 18.0 Å². The van der Waals surface area contributed by atoms with Crippen LogP contribution in [0.2, 0.25) is 0 Å². The Balaban J connectivity index is 1.54. The number of likely N-dealkylation sites (tertiary alicyclic amines) is 1. The van der Waals surface area contributed by atoms with Gasteiger partial charge in [0.15, 0.2) is 30.0 Å². The summed E-state index contributed by atoms with van der Waals surface area (Å²) in [6, 6.07) is 2.40. The number of aliphatic hydroxyl groups excluding tert-OH is 1. The van der Waals surface area contributed by atoms with E-state index in [4.69, 9.17) is 28.4 Å². The maximum absolute atomic E-state index is 13.6. The second-order valence-electron chi connectivity index (χ2n) is 14.9. The number of hydrogen-bond donors (Lipinski definition) is 3. The Labute approximate surface area is 289 Å². The van der Waals surface area contributed by atoms with E-state index in [1.54, 1.807) is 34.0 Å². The van der Waals surface area contributed by atoms with Gasteiger partial charge in [0, 0.05) is 24.4 Å². The molecule has 0 bridgehead atoms. The smallest absolute Gasteiger partial charge is 0.408 e. The molecule has 3 aliphatic rings. The predicted octanol–water partition coefficient (Wildman–Crippen LogP) is 3.88. The summed E-state index contributed by atoms with van der Waals surface area (Å²) in [4.78, 5) is 40.6. The normalized spacial score (nSPS) is 26.6.